The second-order valence-electron chi connectivity index (χ2n) is 7.86. The van der Waals surface area contributed by atoms with Crippen LogP contribution >= 0.6 is 11.8 Å². The summed E-state index contributed by atoms with van der Waals surface area (Å²) in [7, 11) is 0. The molecule has 5 nitrogen and oxygen atoms in total. The van der Waals surface area contributed by atoms with Crippen LogP contribution in [0.3, 0.4) is 0 Å². The summed E-state index contributed by atoms with van der Waals surface area (Å²) in [6, 6.07) is 16.2. The van der Waals surface area contributed by atoms with Gasteiger partial charge < -0.3 is 10.2 Å². The second kappa shape index (κ2) is 10.6. The van der Waals surface area contributed by atoms with Gasteiger partial charge in [-0.05, 0) is 37.5 Å². The van der Waals surface area contributed by atoms with Gasteiger partial charge in [0.1, 0.15) is 0 Å². The highest BCUT2D eigenvalue weighted by atomic mass is 32.2. The normalized spacial score (nSPS) is 15.6. The molecule has 1 fully saturated rings. The maximum Gasteiger partial charge on any atom is 0.238 e. The molecule has 6 heteroatoms. The molecule has 1 heterocycles. The molecule has 2 aromatic rings. The molecule has 0 unspecified atom stereocenters. The molecule has 2 aromatic carbocycles. The van der Waals surface area contributed by atoms with Crippen molar-refractivity contribution < 1.29 is 9.59 Å². The van der Waals surface area contributed by atoms with E-state index in [1.165, 1.54) is 5.56 Å². The van der Waals surface area contributed by atoms with Gasteiger partial charge in [-0.2, -0.15) is 0 Å². The maximum atomic E-state index is 12.8. The van der Waals surface area contributed by atoms with Crippen molar-refractivity contribution in [2.24, 2.45) is 0 Å². The highest BCUT2D eigenvalue weighted by molar-refractivity contribution is 7.99. The topological polar surface area (TPSA) is 52.7 Å². The zero-order valence-electron chi connectivity index (χ0n) is 18.1. The zero-order valence-corrected chi connectivity index (χ0v) is 18.9. The Bertz CT molecular complexity index is 844. The number of piperazine rings is 1. The first-order valence-corrected chi connectivity index (χ1v) is 11.5. The van der Waals surface area contributed by atoms with E-state index >= 15 is 0 Å². The minimum absolute atomic E-state index is 0.000962. The lowest BCUT2D eigenvalue weighted by Gasteiger charge is -2.35. The summed E-state index contributed by atoms with van der Waals surface area (Å²) in [6.45, 7) is 9.14. The lowest BCUT2D eigenvalue weighted by molar-refractivity contribution is -0.132. The number of amides is 2. The minimum Gasteiger partial charge on any atom is -0.339 e. The fourth-order valence-electron chi connectivity index (χ4n) is 3.64. The van der Waals surface area contributed by atoms with Gasteiger partial charge in [-0.15, -0.1) is 11.8 Å². The molecule has 0 saturated carbocycles. The van der Waals surface area contributed by atoms with Crippen LogP contribution in [-0.2, 0) is 15.3 Å². The molecule has 0 radical (unpaired) electrons. The Morgan fingerprint density at radius 1 is 0.967 bits per heavy atom. The predicted octanol–water partition coefficient (Wildman–Crippen LogP) is 3.71. The number of hydrogen-bond acceptors (Lipinski definition) is 4. The van der Waals surface area contributed by atoms with E-state index in [2.05, 4.69) is 22.3 Å². The Kier molecular flexibility index (Phi) is 7.94. The number of hydrogen-bond donors (Lipinski definition) is 1. The predicted molar refractivity (Wildman–Crippen MR) is 125 cm³/mol. The van der Waals surface area contributed by atoms with Gasteiger partial charge in [-0.1, -0.05) is 48.5 Å². The van der Waals surface area contributed by atoms with Crippen LogP contribution in [0.2, 0.25) is 0 Å². The fourth-order valence-corrected chi connectivity index (χ4v) is 4.57. The zero-order chi connectivity index (χ0) is 21.5. The first-order chi connectivity index (χ1) is 14.4. The van der Waals surface area contributed by atoms with Crippen LogP contribution in [0.5, 0.6) is 0 Å². The van der Waals surface area contributed by atoms with Gasteiger partial charge in [0, 0.05) is 37.6 Å². The van der Waals surface area contributed by atoms with E-state index in [4.69, 9.17) is 0 Å². The highest BCUT2D eigenvalue weighted by Gasteiger charge is 2.26. The average Bonchev–Trinajstić information content (AvgIpc) is 2.75. The number of aryl methyl sites for hydroxylation is 2. The number of nitrogens with zero attached hydrogens (tertiary/aromatic N) is 2. The van der Waals surface area contributed by atoms with Crippen LogP contribution in [0.4, 0.5) is 5.69 Å². The van der Waals surface area contributed by atoms with E-state index < -0.39 is 0 Å². The molecule has 160 valence electrons. The van der Waals surface area contributed by atoms with Gasteiger partial charge in [0.05, 0.1) is 11.8 Å². The third-order valence-corrected chi connectivity index (χ3v) is 6.69. The van der Waals surface area contributed by atoms with Crippen LogP contribution < -0.4 is 5.32 Å². The van der Waals surface area contributed by atoms with Crippen molar-refractivity contribution in [2.45, 2.75) is 31.8 Å². The monoisotopic (exact) mass is 425 g/mol. The molecule has 1 aliphatic rings. The number of nitrogens with one attached hydrogen (secondary N) is 1. The molecular formula is C24H31N3O2S. The molecule has 0 spiro atoms. The third kappa shape index (κ3) is 6.09. The molecule has 0 bridgehead atoms. The van der Waals surface area contributed by atoms with E-state index in [9.17, 15) is 9.59 Å². The van der Waals surface area contributed by atoms with E-state index in [0.717, 1.165) is 35.7 Å². The number of rotatable bonds is 7. The minimum atomic E-state index is -0.0657. The van der Waals surface area contributed by atoms with Crippen molar-refractivity contribution in [1.29, 1.82) is 0 Å². The second-order valence-corrected chi connectivity index (χ2v) is 9.18. The van der Waals surface area contributed by atoms with Crippen LogP contribution in [0.15, 0.2) is 48.5 Å². The SMILES string of the molecule is Cc1cccc(C)c1NC(=O)CN1CCN(C(=O)[C@@H](C)SCc2ccccc2)CC1. The van der Waals surface area contributed by atoms with Crippen molar-refractivity contribution in [1.82, 2.24) is 9.80 Å². The highest BCUT2D eigenvalue weighted by Crippen LogP contribution is 2.21. The number of carbonyl (C=O) groups excluding carboxylic acids is 2. The molecule has 1 N–H and O–H groups in total. The molecule has 0 aliphatic carbocycles. The molecule has 0 aromatic heterocycles. The quantitative estimate of drug-likeness (QED) is 0.735. The van der Waals surface area contributed by atoms with Crippen molar-refractivity contribution >= 4 is 29.3 Å². The first kappa shape index (κ1) is 22.4. The van der Waals surface area contributed by atoms with Crippen molar-refractivity contribution in [2.75, 3.05) is 38.0 Å². The summed E-state index contributed by atoms with van der Waals surface area (Å²) in [4.78, 5) is 29.3. The standard InChI is InChI=1S/C24H31N3O2S/c1-18-8-7-9-19(2)23(18)25-22(28)16-26-12-14-27(15-13-26)24(29)20(3)30-17-21-10-5-4-6-11-21/h4-11,20H,12-17H2,1-3H3,(H,25,28)/t20-/m1/s1. The Morgan fingerprint density at radius 2 is 1.60 bits per heavy atom. The number of carbonyl (C=O) groups is 2. The summed E-state index contributed by atoms with van der Waals surface area (Å²) < 4.78 is 0. The molecule has 1 aliphatic heterocycles. The Balaban J connectivity index is 1.42. The smallest absolute Gasteiger partial charge is 0.238 e. The van der Waals surface area contributed by atoms with E-state index in [0.29, 0.717) is 19.6 Å². The summed E-state index contributed by atoms with van der Waals surface area (Å²) in [6.07, 6.45) is 0. The van der Waals surface area contributed by atoms with Crippen molar-refractivity contribution in [3.05, 3.63) is 65.2 Å². The van der Waals surface area contributed by atoms with Crippen molar-refractivity contribution in [3.8, 4) is 0 Å². The lowest BCUT2D eigenvalue weighted by Crippen LogP contribution is -2.52. The number of thioether (sulfide) groups is 1. The van der Waals surface area contributed by atoms with Gasteiger partial charge in [0.25, 0.3) is 0 Å². The molecule has 2 amide bonds. The largest absolute Gasteiger partial charge is 0.339 e. The first-order valence-electron chi connectivity index (χ1n) is 10.5. The molecule has 3 rings (SSSR count). The molecule has 1 saturated heterocycles. The number of benzene rings is 2. The number of para-hydroxylation sites is 1. The molecule has 1 atom stereocenters. The van der Waals surface area contributed by atoms with Gasteiger partial charge in [0.2, 0.25) is 11.8 Å². The summed E-state index contributed by atoms with van der Waals surface area (Å²) in [5.41, 5.74) is 4.28. The van der Waals surface area contributed by atoms with E-state index in [-0.39, 0.29) is 17.1 Å². The average molecular weight is 426 g/mol. The van der Waals surface area contributed by atoms with Gasteiger partial charge in [0.15, 0.2) is 0 Å². The lowest BCUT2D eigenvalue weighted by atomic mass is 10.1. The van der Waals surface area contributed by atoms with Crippen LogP contribution in [0.1, 0.15) is 23.6 Å². The van der Waals surface area contributed by atoms with Gasteiger partial charge in [-0.3, -0.25) is 14.5 Å². The molecule has 30 heavy (non-hydrogen) atoms. The number of anilines is 1. The Hall–Kier alpha value is -2.31. The summed E-state index contributed by atoms with van der Waals surface area (Å²) >= 11 is 1.68. The van der Waals surface area contributed by atoms with Gasteiger partial charge >= 0.3 is 0 Å². The maximum absolute atomic E-state index is 12.8. The fraction of sp³-hybridized carbons (Fsp3) is 0.417. The summed E-state index contributed by atoms with van der Waals surface area (Å²) in [5, 5.41) is 2.98. The summed E-state index contributed by atoms with van der Waals surface area (Å²) in [5.74, 6) is 1.03. The van der Waals surface area contributed by atoms with E-state index in [1.54, 1.807) is 11.8 Å². The van der Waals surface area contributed by atoms with Crippen LogP contribution in [0, 0.1) is 13.8 Å². The van der Waals surface area contributed by atoms with E-state index in [1.807, 2.05) is 62.1 Å². The van der Waals surface area contributed by atoms with Gasteiger partial charge in [-0.25, -0.2) is 0 Å². The van der Waals surface area contributed by atoms with Crippen molar-refractivity contribution in [3.63, 3.8) is 0 Å². The Morgan fingerprint density at radius 3 is 2.23 bits per heavy atom. The van der Waals surface area contributed by atoms with Crippen LogP contribution in [-0.4, -0.2) is 59.6 Å². The molecular weight excluding hydrogens is 394 g/mol. The Labute approximate surface area is 183 Å². The van der Waals surface area contributed by atoms with Crippen LogP contribution in [0.25, 0.3) is 0 Å². The third-order valence-electron chi connectivity index (χ3n) is 5.49.